The second-order valence-corrected chi connectivity index (χ2v) is 3.98. The highest BCUT2D eigenvalue weighted by Crippen LogP contribution is 1.97. The zero-order valence-electron chi connectivity index (χ0n) is 9.88. The van der Waals surface area contributed by atoms with E-state index in [0.717, 1.165) is 0 Å². The smallest absolute Gasteiger partial charge is 0.394 e. The SMILES string of the molecule is O=C(O)CCC(=O)OC(=O)CCC(=O)O.O=S(=O)(O)O. The lowest BCUT2D eigenvalue weighted by Gasteiger charge is -1.99. The van der Waals surface area contributed by atoms with Gasteiger partial charge in [-0.1, -0.05) is 0 Å². The van der Waals surface area contributed by atoms with E-state index in [4.69, 9.17) is 27.7 Å². The molecule has 0 bridgehead atoms. The fraction of sp³-hybridized carbons (Fsp3) is 0.500. The summed E-state index contributed by atoms with van der Waals surface area (Å²) in [6.45, 7) is 0. The van der Waals surface area contributed by atoms with Crippen LogP contribution in [-0.2, 0) is 34.3 Å². The van der Waals surface area contributed by atoms with E-state index in [1.807, 2.05) is 0 Å². The number of carboxylic acid groups (broad SMARTS) is 2. The van der Waals surface area contributed by atoms with Gasteiger partial charge in [-0.25, -0.2) is 0 Å². The van der Waals surface area contributed by atoms with Gasteiger partial charge in [0.2, 0.25) is 0 Å². The molecule has 0 aliphatic carbocycles. The predicted molar refractivity (Wildman–Crippen MR) is 59.0 cm³/mol. The maximum Gasteiger partial charge on any atom is 0.394 e. The van der Waals surface area contributed by atoms with Crippen molar-refractivity contribution >= 4 is 34.3 Å². The van der Waals surface area contributed by atoms with E-state index in [0.29, 0.717) is 0 Å². The fourth-order valence-electron chi connectivity index (χ4n) is 0.647. The summed E-state index contributed by atoms with van der Waals surface area (Å²) in [5, 5.41) is 16.4. The first-order valence-corrected chi connectivity index (χ1v) is 6.18. The monoisotopic (exact) mass is 316 g/mol. The molecule has 0 saturated carbocycles. The first-order valence-electron chi connectivity index (χ1n) is 4.78. The zero-order chi connectivity index (χ0) is 16.3. The molecular formula is C8H12O11S. The van der Waals surface area contributed by atoms with E-state index in [1.54, 1.807) is 0 Å². The Bertz CT molecular complexity index is 427. The van der Waals surface area contributed by atoms with Crippen molar-refractivity contribution in [3.05, 3.63) is 0 Å². The number of hydrogen-bond acceptors (Lipinski definition) is 7. The molecule has 0 aliphatic rings. The van der Waals surface area contributed by atoms with Gasteiger partial charge in [0.05, 0.1) is 25.7 Å². The van der Waals surface area contributed by atoms with E-state index in [-0.39, 0.29) is 0 Å². The molecule has 0 aliphatic heterocycles. The number of carbonyl (C=O) groups excluding carboxylic acids is 2. The summed E-state index contributed by atoms with van der Waals surface area (Å²) in [6, 6.07) is 0. The van der Waals surface area contributed by atoms with Crippen molar-refractivity contribution in [1.82, 2.24) is 0 Å². The van der Waals surface area contributed by atoms with Gasteiger partial charge in [0.1, 0.15) is 0 Å². The van der Waals surface area contributed by atoms with Crippen LogP contribution in [0.25, 0.3) is 0 Å². The molecule has 0 unspecified atom stereocenters. The van der Waals surface area contributed by atoms with Gasteiger partial charge < -0.3 is 14.9 Å². The molecule has 0 heterocycles. The molecule has 0 radical (unpaired) electrons. The third kappa shape index (κ3) is 25.0. The number of esters is 2. The van der Waals surface area contributed by atoms with Gasteiger partial charge in [-0.3, -0.25) is 28.3 Å². The highest BCUT2D eigenvalue weighted by atomic mass is 32.3. The van der Waals surface area contributed by atoms with Crippen molar-refractivity contribution in [1.29, 1.82) is 0 Å². The molecule has 0 aromatic heterocycles. The third-order valence-corrected chi connectivity index (χ3v) is 1.31. The summed E-state index contributed by atoms with van der Waals surface area (Å²) in [5.74, 6) is -4.28. The Morgan fingerprint density at radius 1 is 0.750 bits per heavy atom. The number of ether oxygens (including phenoxy) is 1. The van der Waals surface area contributed by atoms with Crippen LogP contribution in [0.1, 0.15) is 25.7 Å². The first-order chi connectivity index (χ1) is 8.91. The molecule has 0 fully saturated rings. The van der Waals surface area contributed by atoms with Crippen LogP contribution in [0.4, 0.5) is 0 Å². The molecule has 11 nitrogen and oxygen atoms in total. The number of aliphatic carboxylic acids is 2. The first kappa shape index (κ1) is 20.3. The Kier molecular flexibility index (Phi) is 9.96. The number of carbonyl (C=O) groups is 4. The number of hydrogen-bond donors (Lipinski definition) is 4. The predicted octanol–water partition coefficient (Wildman–Crippen LogP) is -0.867. The Labute approximate surface area is 112 Å². The van der Waals surface area contributed by atoms with Gasteiger partial charge >= 0.3 is 34.3 Å². The maximum atomic E-state index is 10.7. The van der Waals surface area contributed by atoms with Crippen LogP contribution in [0.15, 0.2) is 0 Å². The molecular weight excluding hydrogens is 304 g/mol. The van der Waals surface area contributed by atoms with Gasteiger partial charge in [-0.05, 0) is 0 Å². The molecule has 20 heavy (non-hydrogen) atoms. The van der Waals surface area contributed by atoms with E-state index in [1.165, 1.54) is 0 Å². The van der Waals surface area contributed by atoms with Gasteiger partial charge in [-0.2, -0.15) is 8.42 Å². The van der Waals surface area contributed by atoms with E-state index < -0.39 is 60.0 Å². The average molecular weight is 316 g/mol. The largest absolute Gasteiger partial charge is 0.481 e. The van der Waals surface area contributed by atoms with Gasteiger partial charge in [-0.15, -0.1) is 0 Å². The molecule has 0 aromatic carbocycles. The summed E-state index contributed by atoms with van der Waals surface area (Å²) in [7, 11) is -4.67. The third-order valence-electron chi connectivity index (χ3n) is 1.31. The van der Waals surface area contributed by atoms with Crippen LogP contribution in [0, 0.1) is 0 Å². The summed E-state index contributed by atoms with van der Waals surface area (Å²) >= 11 is 0. The van der Waals surface area contributed by atoms with Crippen LogP contribution < -0.4 is 0 Å². The summed E-state index contributed by atoms with van der Waals surface area (Å²) < 4.78 is 35.7. The topological polar surface area (TPSA) is 193 Å². The Balaban J connectivity index is 0. The van der Waals surface area contributed by atoms with Crippen LogP contribution in [0.2, 0.25) is 0 Å². The average Bonchev–Trinajstić information content (AvgIpc) is 2.21. The molecule has 0 amide bonds. The second kappa shape index (κ2) is 9.82. The second-order valence-electron chi connectivity index (χ2n) is 3.08. The molecule has 0 rings (SSSR count). The highest BCUT2D eigenvalue weighted by molar-refractivity contribution is 7.79. The molecule has 0 spiro atoms. The van der Waals surface area contributed by atoms with Gasteiger partial charge in [0, 0.05) is 0 Å². The quantitative estimate of drug-likeness (QED) is 0.270. The minimum absolute atomic E-state index is 0.409. The van der Waals surface area contributed by atoms with Crippen molar-refractivity contribution in [2.24, 2.45) is 0 Å². The summed E-state index contributed by atoms with van der Waals surface area (Å²) in [4.78, 5) is 41.6. The number of carboxylic acids is 2. The maximum absolute atomic E-state index is 10.7. The zero-order valence-corrected chi connectivity index (χ0v) is 10.7. The van der Waals surface area contributed by atoms with Gasteiger partial charge in [0.25, 0.3) is 0 Å². The highest BCUT2D eigenvalue weighted by Gasteiger charge is 2.13. The molecule has 0 saturated heterocycles. The minimum Gasteiger partial charge on any atom is -0.481 e. The lowest BCUT2D eigenvalue weighted by atomic mass is 10.3. The van der Waals surface area contributed by atoms with Crippen molar-refractivity contribution in [3.63, 3.8) is 0 Å². The Morgan fingerprint density at radius 3 is 1.20 bits per heavy atom. The van der Waals surface area contributed by atoms with Crippen LogP contribution >= 0.6 is 0 Å². The Morgan fingerprint density at radius 2 is 1.00 bits per heavy atom. The minimum atomic E-state index is -4.67. The van der Waals surface area contributed by atoms with E-state index >= 15 is 0 Å². The van der Waals surface area contributed by atoms with Crippen molar-refractivity contribution in [2.45, 2.75) is 25.7 Å². The molecule has 0 atom stereocenters. The van der Waals surface area contributed by atoms with Crippen LogP contribution in [-0.4, -0.2) is 51.6 Å². The fourth-order valence-corrected chi connectivity index (χ4v) is 0.647. The standard InChI is InChI=1S/C8H10O7.H2O4S/c9-5(10)1-3-7(13)15-8(14)4-2-6(11)12;1-5(2,3)4/h1-4H2,(H,9,10)(H,11,12);(H2,1,2,3,4). The van der Waals surface area contributed by atoms with Crippen molar-refractivity contribution in [3.8, 4) is 0 Å². The van der Waals surface area contributed by atoms with Crippen LogP contribution in [0.5, 0.6) is 0 Å². The van der Waals surface area contributed by atoms with Crippen LogP contribution in [0.3, 0.4) is 0 Å². The molecule has 116 valence electrons. The molecule has 12 heteroatoms. The van der Waals surface area contributed by atoms with E-state index in [9.17, 15) is 19.2 Å². The van der Waals surface area contributed by atoms with Gasteiger partial charge in [0.15, 0.2) is 0 Å². The normalized spacial score (nSPS) is 9.90. The lowest BCUT2D eigenvalue weighted by Crippen LogP contribution is -2.14. The molecule has 0 aromatic rings. The Hall–Kier alpha value is -2.05. The summed E-state index contributed by atoms with van der Waals surface area (Å²) in [6.07, 6.45) is -1.67. The summed E-state index contributed by atoms with van der Waals surface area (Å²) in [5.41, 5.74) is 0. The van der Waals surface area contributed by atoms with Crippen molar-refractivity contribution < 1.29 is 51.7 Å². The number of rotatable bonds is 6. The molecule has 4 N–H and O–H groups in total. The van der Waals surface area contributed by atoms with E-state index in [2.05, 4.69) is 4.74 Å². The van der Waals surface area contributed by atoms with Crippen molar-refractivity contribution in [2.75, 3.05) is 0 Å². The lowest BCUT2D eigenvalue weighted by molar-refractivity contribution is -0.162.